The average molecular weight is 459 g/mol. The van der Waals surface area contributed by atoms with Gasteiger partial charge in [-0.3, -0.25) is 15.1 Å². The second-order valence-corrected chi connectivity index (χ2v) is 9.72. The molecule has 0 fully saturated rings. The first-order valence-corrected chi connectivity index (χ1v) is 11.6. The minimum atomic E-state index is -0.326. The Morgan fingerprint density at radius 3 is 2.76 bits per heavy atom. The maximum absolute atomic E-state index is 14.9. The van der Waals surface area contributed by atoms with Gasteiger partial charge in [0, 0.05) is 46.4 Å². The Bertz CT molecular complexity index is 1510. The molecule has 0 bridgehead atoms. The lowest BCUT2D eigenvalue weighted by molar-refractivity contribution is 0.632. The van der Waals surface area contributed by atoms with Crippen LogP contribution in [0, 0.1) is 12.7 Å². The predicted octanol–water partition coefficient (Wildman–Crippen LogP) is 6.51. The zero-order valence-corrected chi connectivity index (χ0v) is 19.6. The van der Waals surface area contributed by atoms with Gasteiger partial charge in [-0.05, 0) is 48.6 Å². The van der Waals surface area contributed by atoms with Crippen molar-refractivity contribution in [3.8, 4) is 22.6 Å². The standard InChI is InChI=1S/C25H23FN6S/c1-13(2)33-12-15(4)22-24-20(6-8-28-22)29-25(30-24)23-17-9-16(18-11-27-7-5-14(18)3)19(26)10-21(17)31-32-23/h5-13H,1-4H3,(H,29,30)(H,31,32)/b15-12+. The number of aryl methyl sites for hydroxylation is 1. The van der Waals surface area contributed by atoms with Crippen molar-refractivity contribution in [2.24, 2.45) is 0 Å². The van der Waals surface area contributed by atoms with E-state index in [9.17, 15) is 4.39 Å². The van der Waals surface area contributed by atoms with Crippen LogP contribution in [0.15, 0.2) is 48.3 Å². The Morgan fingerprint density at radius 1 is 1.12 bits per heavy atom. The van der Waals surface area contributed by atoms with Gasteiger partial charge in [-0.1, -0.05) is 13.8 Å². The summed E-state index contributed by atoms with van der Waals surface area (Å²) in [4.78, 5) is 16.9. The Balaban J connectivity index is 1.65. The zero-order valence-electron chi connectivity index (χ0n) is 18.8. The molecular formula is C25H23FN6S. The molecule has 0 atom stereocenters. The molecule has 0 amide bonds. The van der Waals surface area contributed by atoms with Crippen molar-refractivity contribution in [2.75, 3.05) is 0 Å². The molecule has 0 saturated carbocycles. The first-order chi connectivity index (χ1) is 15.9. The van der Waals surface area contributed by atoms with Crippen LogP contribution in [0.1, 0.15) is 32.0 Å². The van der Waals surface area contributed by atoms with E-state index in [1.165, 1.54) is 6.07 Å². The zero-order chi connectivity index (χ0) is 23.1. The molecule has 0 radical (unpaired) electrons. The van der Waals surface area contributed by atoms with Gasteiger partial charge in [0.2, 0.25) is 0 Å². The van der Waals surface area contributed by atoms with Crippen LogP contribution in [0.3, 0.4) is 0 Å². The highest BCUT2D eigenvalue weighted by atomic mass is 32.2. The van der Waals surface area contributed by atoms with Crippen molar-refractivity contribution in [1.29, 1.82) is 0 Å². The molecule has 166 valence electrons. The number of thioether (sulfide) groups is 1. The summed E-state index contributed by atoms with van der Waals surface area (Å²) >= 11 is 1.75. The Labute approximate surface area is 194 Å². The van der Waals surface area contributed by atoms with Crippen LogP contribution in [-0.2, 0) is 0 Å². The lowest BCUT2D eigenvalue weighted by Gasteiger charge is -2.07. The fraction of sp³-hybridized carbons (Fsp3) is 0.200. The third-order valence-corrected chi connectivity index (χ3v) is 6.53. The summed E-state index contributed by atoms with van der Waals surface area (Å²) in [6.45, 7) is 8.29. The fourth-order valence-corrected chi connectivity index (χ4v) is 4.39. The van der Waals surface area contributed by atoms with Crippen LogP contribution in [0.25, 0.3) is 50.2 Å². The van der Waals surface area contributed by atoms with E-state index in [1.807, 2.05) is 32.0 Å². The Hall–Kier alpha value is -3.52. The molecule has 0 saturated heterocycles. The van der Waals surface area contributed by atoms with Crippen molar-refractivity contribution >= 4 is 39.3 Å². The highest BCUT2D eigenvalue weighted by Crippen LogP contribution is 2.34. The molecule has 6 nitrogen and oxygen atoms in total. The van der Waals surface area contributed by atoms with Crippen LogP contribution >= 0.6 is 11.8 Å². The summed E-state index contributed by atoms with van der Waals surface area (Å²) in [7, 11) is 0. The number of nitrogens with zero attached hydrogens (tertiary/aromatic N) is 4. The van der Waals surface area contributed by atoms with Crippen LogP contribution in [0.5, 0.6) is 0 Å². The van der Waals surface area contributed by atoms with Gasteiger partial charge in [0.1, 0.15) is 17.0 Å². The Kier molecular flexibility index (Phi) is 5.46. The lowest BCUT2D eigenvalue weighted by Crippen LogP contribution is -1.90. The predicted molar refractivity (Wildman–Crippen MR) is 133 cm³/mol. The number of fused-ring (bicyclic) bond motifs is 2. The molecule has 33 heavy (non-hydrogen) atoms. The van der Waals surface area contributed by atoms with Gasteiger partial charge in [0.15, 0.2) is 5.82 Å². The molecule has 0 unspecified atom stereocenters. The largest absolute Gasteiger partial charge is 0.336 e. The maximum atomic E-state index is 14.9. The van der Waals surface area contributed by atoms with E-state index in [-0.39, 0.29) is 5.82 Å². The van der Waals surface area contributed by atoms with Gasteiger partial charge in [0.05, 0.1) is 16.7 Å². The molecule has 1 aromatic carbocycles. The number of benzene rings is 1. The van der Waals surface area contributed by atoms with Crippen LogP contribution in [0.2, 0.25) is 0 Å². The molecule has 4 aromatic heterocycles. The number of imidazole rings is 1. The molecule has 5 aromatic rings. The van der Waals surface area contributed by atoms with E-state index in [1.54, 1.807) is 30.4 Å². The number of H-pyrrole nitrogens is 2. The van der Waals surface area contributed by atoms with Gasteiger partial charge in [-0.25, -0.2) is 9.37 Å². The van der Waals surface area contributed by atoms with E-state index in [0.717, 1.165) is 38.8 Å². The second kappa shape index (κ2) is 8.44. The van der Waals surface area contributed by atoms with Gasteiger partial charge in [0.25, 0.3) is 0 Å². The van der Waals surface area contributed by atoms with Crippen molar-refractivity contribution in [3.05, 3.63) is 65.3 Å². The number of nitrogens with one attached hydrogen (secondary N) is 2. The summed E-state index contributed by atoms with van der Waals surface area (Å²) in [5.41, 5.74) is 6.98. The number of pyridine rings is 2. The van der Waals surface area contributed by atoms with Gasteiger partial charge >= 0.3 is 0 Å². The maximum Gasteiger partial charge on any atom is 0.159 e. The average Bonchev–Trinajstić information content (AvgIpc) is 3.40. The summed E-state index contributed by atoms with van der Waals surface area (Å²) < 4.78 is 14.9. The van der Waals surface area contributed by atoms with Crippen molar-refractivity contribution in [1.82, 2.24) is 30.1 Å². The SMILES string of the molecule is C/C(=C\SC(C)C)c1nccc2[nH]c(-c3n[nH]c4cc(F)c(-c5cnccc5C)cc34)nc12. The Morgan fingerprint density at radius 2 is 1.97 bits per heavy atom. The summed E-state index contributed by atoms with van der Waals surface area (Å²) in [5, 5.41) is 10.8. The summed E-state index contributed by atoms with van der Waals surface area (Å²) in [6.07, 6.45) is 5.16. The molecule has 4 heterocycles. The number of halogens is 1. The fourth-order valence-electron chi connectivity index (χ4n) is 3.80. The molecule has 0 spiro atoms. The van der Waals surface area contributed by atoms with E-state index < -0.39 is 0 Å². The van der Waals surface area contributed by atoms with Crippen molar-refractivity contribution in [2.45, 2.75) is 32.9 Å². The molecule has 5 rings (SSSR count). The topological polar surface area (TPSA) is 83.1 Å². The summed E-state index contributed by atoms with van der Waals surface area (Å²) in [6, 6.07) is 7.05. The highest BCUT2D eigenvalue weighted by Gasteiger charge is 2.18. The van der Waals surface area contributed by atoms with Gasteiger partial charge in [-0.2, -0.15) is 5.10 Å². The number of hydrogen-bond donors (Lipinski definition) is 2. The molecule has 0 aliphatic heterocycles. The minimum Gasteiger partial charge on any atom is -0.336 e. The molecule has 8 heteroatoms. The molecular weight excluding hydrogens is 435 g/mol. The van der Waals surface area contributed by atoms with Crippen LogP contribution < -0.4 is 0 Å². The normalized spacial score (nSPS) is 12.4. The van der Waals surface area contributed by atoms with E-state index in [0.29, 0.717) is 27.8 Å². The smallest absolute Gasteiger partial charge is 0.159 e. The lowest BCUT2D eigenvalue weighted by atomic mass is 10.0. The van der Waals surface area contributed by atoms with E-state index >= 15 is 0 Å². The van der Waals surface area contributed by atoms with E-state index in [4.69, 9.17) is 4.98 Å². The molecule has 0 aliphatic carbocycles. The molecule has 2 N–H and O–H groups in total. The van der Waals surface area contributed by atoms with Crippen LogP contribution in [0.4, 0.5) is 4.39 Å². The van der Waals surface area contributed by atoms with Crippen molar-refractivity contribution < 1.29 is 4.39 Å². The van der Waals surface area contributed by atoms with Crippen molar-refractivity contribution in [3.63, 3.8) is 0 Å². The number of aromatic nitrogens is 6. The first-order valence-electron chi connectivity index (χ1n) is 10.7. The second-order valence-electron chi connectivity index (χ2n) is 8.27. The third-order valence-electron chi connectivity index (χ3n) is 5.50. The molecule has 0 aliphatic rings. The number of hydrogen-bond acceptors (Lipinski definition) is 5. The van der Waals surface area contributed by atoms with Crippen LogP contribution in [-0.4, -0.2) is 35.4 Å². The minimum absolute atomic E-state index is 0.326. The third kappa shape index (κ3) is 3.91. The number of allylic oxidation sites excluding steroid dienone is 1. The summed E-state index contributed by atoms with van der Waals surface area (Å²) in [5.74, 6) is 0.281. The van der Waals surface area contributed by atoms with Gasteiger partial charge in [-0.15, -0.1) is 11.8 Å². The quantitative estimate of drug-likeness (QED) is 0.313. The first kappa shape index (κ1) is 21.3. The van der Waals surface area contributed by atoms with E-state index in [2.05, 4.69) is 44.4 Å². The highest BCUT2D eigenvalue weighted by molar-refractivity contribution is 8.02. The number of aromatic amines is 2. The number of rotatable bonds is 5. The monoisotopic (exact) mass is 458 g/mol. The van der Waals surface area contributed by atoms with Gasteiger partial charge < -0.3 is 4.98 Å².